The maximum Gasteiger partial charge on any atom is 0.305 e. The Balaban J connectivity index is 2.83. The van der Waals surface area contributed by atoms with Gasteiger partial charge < -0.3 is 10.4 Å². The maximum absolute atomic E-state index is 12.2. The Bertz CT molecular complexity index is 540. The zero-order chi connectivity index (χ0) is 16.2. The van der Waals surface area contributed by atoms with Crippen LogP contribution in [0.15, 0.2) is 22.7 Å². The largest absolute Gasteiger partial charge is 0.481 e. The zero-order valence-electron chi connectivity index (χ0n) is 12.2. The molecule has 1 aromatic rings. The van der Waals surface area contributed by atoms with Crippen LogP contribution >= 0.6 is 27.5 Å². The summed E-state index contributed by atoms with van der Waals surface area (Å²) in [5, 5.41) is 12.3. The van der Waals surface area contributed by atoms with Gasteiger partial charge in [-0.15, -0.1) is 0 Å². The Kier molecular flexibility index (Phi) is 6.23. The van der Waals surface area contributed by atoms with Crippen LogP contribution in [0, 0.1) is 5.41 Å². The van der Waals surface area contributed by atoms with Crippen LogP contribution in [-0.4, -0.2) is 23.0 Å². The Labute approximate surface area is 138 Å². The van der Waals surface area contributed by atoms with Crippen LogP contribution in [0.5, 0.6) is 0 Å². The Morgan fingerprint density at radius 2 is 2.00 bits per heavy atom. The predicted molar refractivity (Wildman–Crippen MR) is 86.7 cm³/mol. The lowest BCUT2D eigenvalue weighted by atomic mass is 9.87. The molecule has 1 atom stereocenters. The maximum atomic E-state index is 12.2. The minimum atomic E-state index is -0.929. The topological polar surface area (TPSA) is 66.4 Å². The molecule has 0 fully saturated rings. The van der Waals surface area contributed by atoms with Crippen LogP contribution in [0.1, 0.15) is 44.0 Å². The molecule has 0 spiro atoms. The number of amides is 1. The molecule has 116 valence electrons. The van der Waals surface area contributed by atoms with Gasteiger partial charge in [-0.3, -0.25) is 9.59 Å². The minimum Gasteiger partial charge on any atom is -0.481 e. The molecule has 0 aliphatic heterocycles. The van der Waals surface area contributed by atoms with Crippen molar-refractivity contribution in [3.05, 3.63) is 33.3 Å². The van der Waals surface area contributed by atoms with Crippen molar-refractivity contribution < 1.29 is 14.7 Å². The third-order valence-electron chi connectivity index (χ3n) is 2.80. The fourth-order valence-electron chi connectivity index (χ4n) is 2.03. The quantitative estimate of drug-likeness (QED) is 0.812. The number of hydrogen-bond acceptors (Lipinski definition) is 2. The lowest BCUT2D eigenvalue weighted by Gasteiger charge is -2.25. The van der Waals surface area contributed by atoms with Gasteiger partial charge in [0.1, 0.15) is 0 Å². The van der Waals surface area contributed by atoms with Gasteiger partial charge in [-0.05, 0) is 46.0 Å². The van der Waals surface area contributed by atoms with E-state index in [0.717, 1.165) is 0 Å². The van der Waals surface area contributed by atoms with Gasteiger partial charge in [0, 0.05) is 16.1 Å². The molecule has 0 aromatic heterocycles. The number of rotatable bonds is 5. The first-order valence-electron chi connectivity index (χ1n) is 6.56. The van der Waals surface area contributed by atoms with E-state index in [0.29, 0.717) is 21.5 Å². The summed E-state index contributed by atoms with van der Waals surface area (Å²) >= 11 is 9.15. The van der Waals surface area contributed by atoms with Crippen LogP contribution in [0.3, 0.4) is 0 Å². The zero-order valence-corrected chi connectivity index (χ0v) is 14.6. The molecule has 0 saturated carbocycles. The van der Waals surface area contributed by atoms with E-state index in [4.69, 9.17) is 16.7 Å². The highest BCUT2D eigenvalue weighted by atomic mass is 79.9. The van der Waals surface area contributed by atoms with E-state index in [1.54, 1.807) is 18.2 Å². The van der Waals surface area contributed by atoms with Crippen LogP contribution in [-0.2, 0) is 4.79 Å². The monoisotopic (exact) mass is 375 g/mol. The number of carboxylic acid groups (broad SMARTS) is 1. The molecule has 1 aromatic carbocycles. The fraction of sp³-hybridized carbons (Fsp3) is 0.467. The first-order valence-corrected chi connectivity index (χ1v) is 7.73. The summed E-state index contributed by atoms with van der Waals surface area (Å²) in [6, 6.07) is 4.44. The van der Waals surface area contributed by atoms with Crippen molar-refractivity contribution in [3.8, 4) is 0 Å². The second-order valence-corrected chi connectivity index (χ2v) is 7.42. The Morgan fingerprint density at radius 3 is 2.48 bits per heavy atom. The molecular formula is C15H19BrClNO3. The number of nitrogens with one attached hydrogen (secondary N) is 1. The van der Waals surface area contributed by atoms with Gasteiger partial charge in [0.25, 0.3) is 5.91 Å². The minimum absolute atomic E-state index is 0.0754. The molecule has 0 radical (unpaired) electrons. The van der Waals surface area contributed by atoms with Gasteiger partial charge >= 0.3 is 5.97 Å². The molecule has 21 heavy (non-hydrogen) atoms. The van der Waals surface area contributed by atoms with Gasteiger partial charge in [-0.1, -0.05) is 32.4 Å². The van der Waals surface area contributed by atoms with E-state index in [1.807, 2.05) is 20.8 Å². The Hall–Kier alpha value is -1.07. The van der Waals surface area contributed by atoms with E-state index >= 15 is 0 Å². The van der Waals surface area contributed by atoms with Crippen molar-refractivity contribution in [1.29, 1.82) is 0 Å². The van der Waals surface area contributed by atoms with E-state index in [1.165, 1.54) is 0 Å². The lowest BCUT2D eigenvalue weighted by Crippen LogP contribution is -2.39. The second kappa shape index (κ2) is 7.27. The number of carboxylic acids is 1. The highest BCUT2D eigenvalue weighted by molar-refractivity contribution is 9.10. The van der Waals surface area contributed by atoms with Crippen LogP contribution in [0.2, 0.25) is 5.02 Å². The first-order chi connectivity index (χ1) is 9.58. The van der Waals surface area contributed by atoms with E-state index in [-0.39, 0.29) is 17.7 Å². The van der Waals surface area contributed by atoms with Crippen LogP contribution < -0.4 is 5.32 Å². The molecule has 0 bridgehead atoms. The SMILES string of the molecule is CC(C)(C)CC(CC(=O)O)NC(=O)c1ccc(Cl)c(Br)c1. The fourth-order valence-corrected chi connectivity index (χ4v) is 2.53. The van der Waals surface area contributed by atoms with Gasteiger partial charge in [0.05, 0.1) is 11.4 Å². The molecule has 1 rings (SSSR count). The lowest BCUT2D eigenvalue weighted by molar-refractivity contribution is -0.137. The summed E-state index contributed by atoms with van der Waals surface area (Å²) in [5.41, 5.74) is 0.365. The standard InChI is InChI=1S/C15H19BrClNO3/c1-15(2,3)8-10(7-13(19)20)18-14(21)9-4-5-12(17)11(16)6-9/h4-6,10H,7-8H2,1-3H3,(H,18,21)(H,19,20). The number of carbonyl (C=O) groups excluding carboxylic acids is 1. The van der Waals surface area contributed by atoms with Gasteiger partial charge in [0.2, 0.25) is 0 Å². The second-order valence-electron chi connectivity index (χ2n) is 6.16. The van der Waals surface area contributed by atoms with E-state index in [2.05, 4.69) is 21.2 Å². The van der Waals surface area contributed by atoms with Crippen LogP contribution in [0.25, 0.3) is 0 Å². The number of aliphatic carboxylic acids is 1. The average molecular weight is 377 g/mol. The smallest absolute Gasteiger partial charge is 0.305 e. The molecule has 0 aliphatic carbocycles. The summed E-state index contributed by atoms with van der Waals surface area (Å²) in [6.45, 7) is 6.02. The Morgan fingerprint density at radius 1 is 1.38 bits per heavy atom. The molecule has 6 heteroatoms. The van der Waals surface area contributed by atoms with Gasteiger partial charge in [0.15, 0.2) is 0 Å². The molecule has 0 heterocycles. The summed E-state index contributed by atoms with van der Waals surface area (Å²) in [4.78, 5) is 23.2. The molecule has 4 nitrogen and oxygen atoms in total. The summed E-state index contributed by atoms with van der Waals surface area (Å²) in [5.74, 6) is -1.23. The molecule has 1 unspecified atom stereocenters. The summed E-state index contributed by atoms with van der Waals surface area (Å²) in [6.07, 6.45) is 0.484. The van der Waals surface area contributed by atoms with E-state index in [9.17, 15) is 9.59 Å². The molecule has 0 aliphatic rings. The number of benzene rings is 1. The van der Waals surface area contributed by atoms with Gasteiger partial charge in [-0.2, -0.15) is 0 Å². The number of hydrogen-bond donors (Lipinski definition) is 2. The number of halogens is 2. The summed E-state index contributed by atoms with van der Waals surface area (Å²) in [7, 11) is 0. The molecule has 0 saturated heterocycles. The third kappa shape index (κ3) is 6.48. The predicted octanol–water partition coefficient (Wildman–Crippen LogP) is 4.11. The molecular weight excluding hydrogens is 358 g/mol. The third-order valence-corrected chi connectivity index (χ3v) is 4.01. The van der Waals surface area contributed by atoms with Crippen molar-refractivity contribution in [2.75, 3.05) is 0 Å². The molecule has 2 N–H and O–H groups in total. The normalized spacial score (nSPS) is 12.8. The van der Waals surface area contributed by atoms with E-state index < -0.39 is 12.0 Å². The average Bonchev–Trinajstić information content (AvgIpc) is 2.29. The summed E-state index contributed by atoms with van der Waals surface area (Å²) < 4.78 is 0.627. The molecule has 1 amide bonds. The van der Waals surface area contributed by atoms with Crippen molar-refractivity contribution in [2.45, 2.75) is 39.7 Å². The highest BCUT2D eigenvalue weighted by Gasteiger charge is 2.23. The van der Waals surface area contributed by atoms with Crippen molar-refractivity contribution in [2.24, 2.45) is 5.41 Å². The first kappa shape index (κ1) is 18.0. The van der Waals surface area contributed by atoms with Gasteiger partial charge in [-0.25, -0.2) is 0 Å². The van der Waals surface area contributed by atoms with Crippen molar-refractivity contribution >= 4 is 39.4 Å². The van der Waals surface area contributed by atoms with Crippen LogP contribution in [0.4, 0.5) is 0 Å². The highest BCUT2D eigenvalue weighted by Crippen LogP contribution is 2.24. The van der Waals surface area contributed by atoms with Crippen molar-refractivity contribution in [1.82, 2.24) is 5.32 Å². The number of carbonyl (C=O) groups is 2. The van der Waals surface area contributed by atoms with Crippen molar-refractivity contribution in [3.63, 3.8) is 0 Å².